The maximum absolute atomic E-state index is 12.7. The molecule has 3 rings (SSSR count). The Morgan fingerprint density at radius 2 is 1.93 bits per heavy atom. The number of hydrogen-bond acceptors (Lipinski definition) is 4. The number of halogens is 1. The largest absolute Gasteiger partial charge is 0.298 e. The molecule has 2 heterocycles. The van der Waals surface area contributed by atoms with E-state index in [-0.39, 0.29) is 17.2 Å². The third-order valence-corrected chi connectivity index (χ3v) is 4.80. The van der Waals surface area contributed by atoms with Crippen LogP contribution in [0, 0.1) is 13.8 Å². The van der Waals surface area contributed by atoms with Crippen molar-refractivity contribution in [2.75, 3.05) is 6.54 Å². The number of carbonyl (C=O) groups excluding carboxylic acids is 2. The van der Waals surface area contributed by atoms with Gasteiger partial charge >= 0.3 is 0 Å². The van der Waals surface area contributed by atoms with Crippen molar-refractivity contribution < 1.29 is 9.59 Å². The molecular formula is C19H17ClN4O2S. The summed E-state index contributed by atoms with van der Waals surface area (Å²) in [5, 5.41) is 7.32. The van der Waals surface area contributed by atoms with E-state index in [0.717, 1.165) is 11.3 Å². The molecule has 1 aromatic carbocycles. The highest BCUT2D eigenvalue weighted by Crippen LogP contribution is 2.27. The van der Waals surface area contributed by atoms with Gasteiger partial charge in [0.15, 0.2) is 5.11 Å². The van der Waals surface area contributed by atoms with E-state index in [1.165, 1.54) is 17.1 Å². The molecule has 0 spiro atoms. The first-order valence-corrected chi connectivity index (χ1v) is 8.94. The second-order valence-corrected chi connectivity index (χ2v) is 6.80. The Hall–Kier alpha value is -2.77. The Morgan fingerprint density at radius 1 is 1.26 bits per heavy atom. The summed E-state index contributed by atoms with van der Waals surface area (Å²) >= 11 is 11.6. The predicted molar refractivity (Wildman–Crippen MR) is 109 cm³/mol. The molecule has 0 radical (unpaired) electrons. The van der Waals surface area contributed by atoms with Crippen molar-refractivity contribution in [1.29, 1.82) is 0 Å². The molecule has 0 aliphatic carbocycles. The molecule has 0 unspecified atom stereocenters. The summed E-state index contributed by atoms with van der Waals surface area (Å²) < 4.78 is 1.57. The zero-order valence-corrected chi connectivity index (χ0v) is 16.4. The van der Waals surface area contributed by atoms with Gasteiger partial charge in [0.25, 0.3) is 11.8 Å². The van der Waals surface area contributed by atoms with Crippen LogP contribution < -0.4 is 5.32 Å². The molecule has 1 N–H and O–H groups in total. The number of aromatic nitrogens is 2. The molecule has 8 heteroatoms. The monoisotopic (exact) mass is 400 g/mol. The second-order valence-electron chi connectivity index (χ2n) is 6.06. The fourth-order valence-corrected chi connectivity index (χ4v) is 3.24. The summed E-state index contributed by atoms with van der Waals surface area (Å²) in [5.41, 5.74) is 2.94. The third-order valence-electron chi connectivity index (χ3n) is 4.11. The molecule has 1 saturated heterocycles. The number of rotatable bonds is 4. The Balaban J connectivity index is 2.05. The smallest absolute Gasteiger partial charge is 0.265 e. The fourth-order valence-electron chi connectivity index (χ4n) is 2.67. The van der Waals surface area contributed by atoms with E-state index >= 15 is 0 Å². The summed E-state index contributed by atoms with van der Waals surface area (Å²) in [6.45, 7) is 7.55. The predicted octanol–water partition coefficient (Wildman–Crippen LogP) is 2.96. The van der Waals surface area contributed by atoms with E-state index < -0.39 is 11.8 Å². The van der Waals surface area contributed by atoms with Crippen LogP contribution in [0.15, 0.2) is 42.5 Å². The van der Waals surface area contributed by atoms with Crippen molar-refractivity contribution in [1.82, 2.24) is 20.0 Å². The van der Waals surface area contributed by atoms with Crippen LogP contribution in [0.2, 0.25) is 5.15 Å². The van der Waals surface area contributed by atoms with Crippen LogP contribution in [-0.2, 0) is 9.59 Å². The molecule has 27 heavy (non-hydrogen) atoms. The van der Waals surface area contributed by atoms with Gasteiger partial charge in [-0.15, -0.1) is 6.58 Å². The van der Waals surface area contributed by atoms with E-state index in [1.807, 2.05) is 31.2 Å². The average Bonchev–Trinajstić information content (AvgIpc) is 2.90. The fraction of sp³-hybridized carbons (Fsp3) is 0.158. The van der Waals surface area contributed by atoms with Gasteiger partial charge in [-0.3, -0.25) is 19.8 Å². The lowest BCUT2D eigenvalue weighted by Crippen LogP contribution is -2.53. The summed E-state index contributed by atoms with van der Waals surface area (Å²) in [6, 6.07) is 7.70. The number of nitrogens with one attached hydrogen (secondary N) is 1. The molecule has 2 aromatic rings. The number of benzene rings is 1. The second kappa shape index (κ2) is 7.46. The molecular weight excluding hydrogens is 384 g/mol. The Kier molecular flexibility index (Phi) is 5.25. The molecule has 1 aliphatic heterocycles. The molecule has 2 amide bonds. The molecule has 0 saturated carbocycles. The van der Waals surface area contributed by atoms with Crippen molar-refractivity contribution in [2.24, 2.45) is 0 Å². The molecule has 0 bridgehead atoms. The highest BCUT2D eigenvalue weighted by Gasteiger charge is 2.33. The van der Waals surface area contributed by atoms with Crippen molar-refractivity contribution >= 4 is 46.8 Å². The normalized spacial score (nSPS) is 16.0. The Labute approximate surface area is 167 Å². The van der Waals surface area contributed by atoms with Gasteiger partial charge in [-0.25, -0.2) is 4.68 Å². The minimum atomic E-state index is -0.566. The van der Waals surface area contributed by atoms with Gasteiger partial charge in [-0.05, 0) is 44.3 Å². The summed E-state index contributed by atoms with van der Waals surface area (Å²) in [7, 11) is 0. The zero-order chi connectivity index (χ0) is 19.7. The van der Waals surface area contributed by atoms with E-state index in [2.05, 4.69) is 17.0 Å². The van der Waals surface area contributed by atoms with Gasteiger partial charge in [0.1, 0.15) is 10.7 Å². The lowest BCUT2D eigenvalue weighted by atomic mass is 10.1. The molecule has 0 atom stereocenters. The first kappa shape index (κ1) is 19.0. The Morgan fingerprint density at radius 3 is 2.56 bits per heavy atom. The van der Waals surface area contributed by atoms with Gasteiger partial charge in [0, 0.05) is 12.1 Å². The summed E-state index contributed by atoms with van der Waals surface area (Å²) in [5.74, 6) is -1.06. The SMILES string of the molecule is C=CCN1C(=O)/C(=C/c2c(C)nn(-c3ccc(C)cc3)c2Cl)C(=O)NC1=S. The van der Waals surface area contributed by atoms with E-state index in [0.29, 0.717) is 16.4 Å². The van der Waals surface area contributed by atoms with Crippen LogP contribution >= 0.6 is 23.8 Å². The van der Waals surface area contributed by atoms with Gasteiger partial charge in [0.2, 0.25) is 0 Å². The topological polar surface area (TPSA) is 67.2 Å². The number of thiocarbonyl (C=S) groups is 1. The first-order chi connectivity index (χ1) is 12.8. The van der Waals surface area contributed by atoms with E-state index in [4.69, 9.17) is 23.8 Å². The summed E-state index contributed by atoms with van der Waals surface area (Å²) in [6.07, 6.45) is 2.98. The lowest BCUT2D eigenvalue weighted by Gasteiger charge is -2.27. The highest BCUT2D eigenvalue weighted by molar-refractivity contribution is 7.80. The number of hydrogen-bond donors (Lipinski definition) is 1. The summed E-state index contributed by atoms with van der Waals surface area (Å²) in [4.78, 5) is 26.2. The maximum Gasteiger partial charge on any atom is 0.265 e. The number of nitrogens with zero attached hydrogens (tertiary/aromatic N) is 3. The van der Waals surface area contributed by atoms with Crippen LogP contribution in [0.5, 0.6) is 0 Å². The Bertz CT molecular complexity index is 992. The van der Waals surface area contributed by atoms with Gasteiger partial charge in [0.05, 0.1) is 11.4 Å². The van der Waals surface area contributed by atoms with Gasteiger partial charge < -0.3 is 0 Å². The van der Waals surface area contributed by atoms with Crippen LogP contribution in [0.4, 0.5) is 0 Å². The quantitative estimate of drug-likeness (QED) is 0.371. The lowest BCUT2D eigenvalue weighted by molar-refractivity contribution is -0.128. The van der Waals surface area contributed by atoms with E-state index in [9.17, 15) is 9.59 Å². The molecule has 138 valence electrons. The van der Waals surface area contributed by atoms with Crippen molar-refractivity contribution in [2.45, 2.75) is 13.8 Å². The first-order valence-electron chi connectivity index (χ1n) is 8.15. The van der Waals surface area contributed by atoms with Crippen molar-refractivity contribution in [3.05, 3.63) is 64.5 Å². The average molecular weight is 401 g/mol. The number of aryl methyl sites for hydroxylation is 2. The highest BCUT2D eigenvalue weighted by atomic mass is 35.5. The van der Waals surface area contributed by atoms with E-state index in [1.54, 1.807) is 11.6 Å². The molecule has 6 nitrogen and oxygen atoms in total. The molecule has 1 aliphatic rings. The molecule has 1 aromatic heterocycles. The van der Waals surface area contributed by atoms with Crippen LogP contribution in [0.25, 0.3) is 11.8 Å². The number of amides is 2. The van der Waals surface area contributed by atoms with Crippen LogP contribution in [0.1, 0.15) is 16.8 Å². The van der Waals surface area contributed by atoms with Crippen LogP contribution in [-0.4, -0.2) is 38.2 Å². The standard InChI is InChI=1S/C19H17ClN4O2S/c1-4-9-23-18(26)15(17(25)21-19(23)27)10-14-12(3)22-24(16(14)20)13-7-5-11(2)6-8-13/h4-8,10H,1,9H2,2-3H3,(H,21,25,27)/b15-10+. The third kappa shape index (κ3) is 3.56. The van der Waals surface area contributed by atoms with Crippen LogP contribution in [0.3, 0.4) is 0 Å². The van der Waals surface area contributed by atoms with Crippen molar-refractivity contribution in [3.63, 3.8) is 0 Å². The molecule has 1 fully saturated rings. The maximum atomic E-state index is 12.7. The minimum absolute atomic E-state index is 0.0558. The van der Waals surface area contributed by atoms with Gasteiger partial charge in [-0.1, -0.05) is 35.4 Å². The van der Waals surface area contributed by atoms with Gasteiger partial charge in [-0.2, -0.15) is 5.10 Å². The number of carbonyl (C=O) groups is 2. The van der Waals surface area contributed by atoms with Crippen molar-refractivity contribution in [3.8, 4) is 5.69 Å². The minimum Gasteiger partial charge on any atom is -0.298 e. The zero-order valence-electron chi connectivity index (χ0n) is 14.8.